The van der Waals surface area contributed by atoms with Crippen LogP contribution in [0.4, 0.5) is 0 Å². The van der Waals surface area contributed by atoms with Gasteiger partial charge in [0.15, 0.2) is 5.76 Å². The third-order valence-corrected chi connectivity index (χ3v) is 3.35. The van der Waals surface area contributed by atoms with Crippen molar-refractivity contribution in [1.29, 1.82) is 0 Å². The number of fused-ring (bicyclic) bond motifs is 1. The van der Waals surface area contributed by atoms with Crippen LogP contribution in [0.1, 0.15) is 24.4 Å². The Morgan fingerprint density at radius 3 is 2.72 bits per heavy atom. The van der Waals surface area contributed by atoms with E-state index in [-0.39, 0.29) is 17.6 Å². The van der Waals surface area contributed by atoms with Gasteiger partial charge in [-0.05, 0) is 30.2 Å². The Bertz CT molecular complexity index is 574. The average molecular weight is 266 g/mol. The summed E-state index contributed by atoms with van der Waals surface area (Å²) in [4.78, 5) is 12.3. The molecule has 0 aliphatic carbocycles. The van der Waals surface area contributed by atoms with Crippen molar-refractivity contribution >= 4 is 28.4 Å². The van der Waals surface area contributed by atoms with Gasteiger partial charge >= 0.3 is 0 Å². The van der Waals surface area contributed by atoms with Crippen molar-refractivity contribution in [1.82, 2.24) is 0 Å². The molecule has 2 rings (SSSR count). The predicted molar refractivity (Wildman–Crippen MR) is 72.9 cm³/mol. The molecule has 0 aliphatic heterocycles. The molecule has 96 valence electrons. The first-order chi connectivity index (χ1) is 8.52. The number of Topliss-reactive ketones (excluding diaryl/α,β-unsaturated/α-hetero) is 1. The van der Waals surface area contributed by atoms with E-state index in [0.29, 0.717) is 22.9 Å². The molecule has 1 aromatic heterocycles. The van der Waals surface area contributed by atoms with Crippen molar-refractivity contribution in [3.63, 3.8) is 0 Å². The van der Waals surface area contributed by atoms with Gasteiger partial charge < -0.3 is 10.2 Å². The van der Waals surface area contributed by atoms with E-state index in [9.17, 15) is 4.79 Å². The molecule has 0 saturated heterocycles. The summed E-state index contributed by atoms with van der Waals surface area (Å²) in [5, 5.41) is 1.46. The monoisotopic (exact) mass is 265 g/mol. The Labute approximate surface area is 111 Å². The molecular weight excluding hydrogens is 250 g/mol. The summed E-state index contributed by atoms with van der Waals surface area (Å²) in [6.07, 6.45) is 0. The second-order valence-corrected chi connectivity index (χ2v) is 5.18. The smallest absolute Gasteiger partial charge is 0.202 e. The summed E-state index contributed by atoms with van der Waals surface area (Å²) in [5.74, 6) is 0.302. The van der Waals surface area contributed by atoms with Crippen molar-refractivity contribution in [2.75, 3.05) is 6.54 Å². The molecule has 0 saturated carbocycles. The number of nitrogens with two attached hydrogens (primary N) is 1. The lowest BCUT2D eigenvalue weighted by atomic mass is 9.90. The summed E-state index contributed by atoms with van der Waals surface area (Å²) in [6.45, 7) is 4.29. The molecule has 1 atom stereocenters. The highest BCUT2D eigenvalue weighted by Gasteiger charge is 2.24. The third-order valence-electron chi connectivity index (χ3n) is 3.12. The minimum Gasteiger partial charge on any atom is -0.453 e. The second-order valence-electron chi connectivity index (χ2n) is 4.74. The lowest BCUT2D eigenvalue weighted by Gasteiger charge is -2.15. The van der Waals surface area contributed by atoms with Gasteiger partial charge in [-0.2, -0.15) is 0 Å². The standard InChI is InChI=1S/C14H16ClNO2/c1-8(2)11(7-16)14(17)13-6-9-5-10(15)3-4-12(9)18-13/h3-6,8,11H,7,16H2,1-2H3. The molecule has 0 radical (unpaired) electrons. The highest BCUT2D eigenvalue weighted by atomic mass is 35.5. The van der Waals surface area contributed by atoms with Crippen molar-refractivity contribution < 1.29 is 9.21 Å². The maximum Gasteiger partial charge on any atom is 0.202 e. The number of hydrogen-bond acceptors (Lipinski definition) is 3. The van der Waals surface area contributed by atoms with E-state index in [4.69, 9.17) is 21.8 Å². The van der Waals surface area contributed by atoms with Crippen LogP contribution < -0.4 is 5.73 Å². The molecular formula is C14H16ClNO2. The molecule has 0 aliphatic rings. The van der Waals surface area contributed by atoms with Crippen LogP contribution in [0.2, 0.25) is 5.02 Å². The Kier molecular flexibility index (Phi) is 3.73. The minimum atomic E-state index is -0.207. The van der Waals surface area contributed by atoms with Crippen LogP contribution >= 0.6 is 11.6 Å². The molecule has 0 bridgehead atoms. The zero-order chi connectivity index (χ0) is 13.3. The number of hydrogen-bond donors (Lipinski definition) is 1. The van der Waals surface area contributed by atoms with Gasteiger partial charge in [0.25, 0.3) is 0 Å². The van der Waals surface area contributed by atoms with Crippen LogP contribution in [0.3, 0.4) is 0 Å². The lowest BCUT2D eigenvalue weighted by Crippen LogP contribution is -2.28. The van der Waals surface area contributed by atoms with Crippen LogP contribution in [-0.4, -0.2) is 12.3 Å². The van der Waals surface area contributed by atoms with Crippen LogP contribution in [0.15, 0.2) is 28.7 Å². The van der Waals surface area contributed by atoms with E-state index < -0.39 is 0 Å². The van der Waals surface area contributed by atoms with Crippen molar-refractivity contribution in [3.05, 3.63) is 35.0 Å². The normalized spacial score (nSPS) is 13.2. The maximum atomic E-state index is 12.3. The molecule has 0 fully saturated rings. The van der Waals surface area contributed by atoms with Gasteiger partial charge in [-0.1, -0.05) is 25.4 Å². The quantitative estimate of drug-likeness (QED) is 0.861. The molecule has 18 heavy (non-hydrogen) atoms. The number of rotatable bonds is 4. The highest BCUT2D eigenvalue weighted by Crippen LogP contribution is 2.25. The van der Waals surface area contributed by atoms with Crippen LogP contribution in [0.25, 0.3) is 11.0 Å². The van der Waals surface area contributed by atoms with E-state index in [0.717, 1.165) is 5.39 Å². The molecule has 4 heteroatoms. The van der Waals surface area contributed by atoms with Gasteiger partial charge in [0, 0.05) is 22.9 Å². The number of carbonyl (C=O) groups is 1. The zero-order valence-electron chi connectivity index (χ0n) is 10.4. The molecule has 1 aromatic carbocycles. The van der Waals surface area contributed by atoms with Crippen molar-refractivity contribution in [2.24, 2.45) is 17.6 Å². The summed E-state index contributed by atoms with van der Waals surface area (Å²) in [6, 6.07) is 7.02. The average Bonchev–Trinajstić information content (AvgIpc) is 2.72. The Balaban J connectivity index is 2.39. The SMILES string of the molecule is CC(C)C(CN)C(=O)c1cc2cc(Cl)ccc2o1. The Morgan fingerprint density at radius 2 is 2.11 bits per heavy atom. The largest absolute Gasteiger partial charge is 0.453 e. The topological polar surface area (TPSA) is 56.2 Å². The van der Waals surface area contributed by atoms with E-state index in [1.54, 1.807) is 24.3 Å². The third kappa shape index (κ3) is 2.42. The van der Waals surface area contributed by atoms with E-state index in [2.05, 4.69) is 0 Å². The van der Waals surface area contributed by atoms with Crippen LogP contribution in [-0.2, 0) is 0 Å². The van der Waals surface area contributed by atoms with Crippen LogP contribution in [0.5, 0.6) is 0 Å². The zero-order valence-corrected chi connectivity index (χ0v) is 11.2. The summed E-state index contributed by atoms with van der Waals surface area (Å²) in [7, 11) is 0. The number of benzene rings is 1. The van der Waals surface area contributed by atoms with Gasteiger partial charge in [-0.15, -0.1) is 0 Å². The van der Waals surface area contributed by atoms with E-state index >= 15 is 0 Å². The molecule has 3 nitrogen and oxygen atoms in total. The number of carbonyl (C=O) groups excluding carboxylic acids is 1. The van der Waals surface area contributed by atoms with Crippen LogP contribution in [0, 0.1) is 11.8 Å². The summed E-state index contributed by atoms with van der Waals surface area (Å²) >= 11 is 5.90. The first kappa shape index (κ1) is 13.1. The number of halogens is 1. The van der Waals surface area contributed by atoms with Gasteiger partial charge in [0.05, 0.1) is 0 Å². The summed E-state index contributed by atoms with van der Waals surface area (Å²) < 4.78 is 5.55. The second kappa shape index (κ2) is 5.12. The first-order valence-electron chi connectivity index (χ1n) is 5.96. The van der Waals surface area contributed by atoms with Crippen molar-refractivity contribution in [2.45, 2.75) is 13.8 Å². The summed E-state index contributed by atoms with van der Waals surface area (Å²) in [5.41, 5.74) is 6.32. The molecule has 2 aromatic rings. The predicted octanol–water partition coefficient (Wildman–Crippen LogP) is 3.50. The number of ketones is 1. The van der Waals surface area contributed by atoms with E-state index in [1.165, 1.54) is 0 Å². The van der Waals surface area contributed by atoms with Gasteiger partial charge in [0.1, 0.15) is 5.58 Å². The molecule has 1 unspecified atom stereocenters. The van der Waals surface area contributed by atoms with E-state index in [1.807, 2.05) is 13.8 Å². The molecule has 0 amide bonds. The van der Waals surface area contributed by atoms with Gasteiger partial charge in [-0.25, -0.2) is 0 Å². The minimum absolute atomic E-state index is 0.0418. The van der Waals surface area contributed by atoms with Gasteiger partial charge in [-0.3, -0.25) is 4.79 Å². The lowest BCUT2D eigenvalue weighted by molar-refractivity contribution is 0.0865. The molecule has 2 N–H and O–H groups in total. The Morgan fingerprint density at radius 1 is 1.39 bits per heavy atom. The first-order valence-corrected chi connectivity index (χ1v) is 6.34. The highest BCUT2D eigenvalue weighted by molar-refractivity contribution is 6.31. The van der Waals surface area contributed by atoms with Crippen molar-refractivity contribution in [3.8, 4) is 0 Å². The maximum absolute atomic E-state index is 12.3. The van der Waals surface area contributed by atoms with Gasteiger partial charge in [0.2, 0.25) is 5.78 Å². The Hall–Kier alpha value is -1.32. The molecule has 1 heterocycles. The number of furan rings is 1. The fraction of sp³-hybridized carbons (Fsp3) is 0.357. The fourth-order valence-corrected chi connectivity index (χ4v) is 2.18. The fourth-order valence-electron chi connectivity index (χ4n) is 2.00. The molecule has 0 spiro atoms.